The van der Waals surface area contributed by atoms with E-state index in [4.69, 9.17) is 42.6 Å². The van der Waals surface area contributed by atoms with Crippen LogP contribution in [0.1, 0.15) is 34.3 Å². The Hall–Kier alpha value is -5.39. The van der Waals surface area contributed by atoms with Crippen molar-refractivity contribution in [3.05, 3.63) is 76.9 Å². The van der Waals surface area contributed by atoms with E-state index in [-0.39, 0.29) is 6.42 Å². The van der Waals surface area contributed by atoms with Crippen LogP contribution >= 0.6 is 0 Å². The van der Waals surface area contributed by atoms with Crippen LogP contribution in [0.5, 0.6) is 34.5 Å². The molecule has 0 amide bonds. The van der Waals surface area contributed by atoms with Crippen molar-refractivity contribution in [3.63, 3.8) is 0 Å². The van der Waals surface area contributed by atoms with E-state index in [9.17, 15) is 14.4 Å². The Kier molecular flexibility index (Phi) is 11.0. The van der Waals surface area contributed by atoms with E-state index in [1.54, 1.807) is 48.5 Å². The number of hydrogen-bond acceptors (Lipinski definition) is 12. The Morgan fingerprint density at radius 2 is 1.35 bits per heavy atom. The fourth-order valence-electron chi connectivity index (χ4n) is 5.21. The maximum Gasteiger partial charge on any atom is 0.347 e. The summed E-state index contributed by atoms with van der Waals surface area (Å²) in [6.45, 7) is 0. The third-order valence-corrected chi connectivity index (χ3v) is 7.45. The fourth-order valence-corrected chi connectivity index (χ4v) is 5.21. The minimum atomic E-state index is -1.25. The van der Waals surface area contributed by atoms with Gasteiger partial charge in [-0.15, -0.1) is 0 Å². The number of carbonyl (C=O) groups is 3. The van der Waals surface area contributed by atoms with Gasteiger partial charge in [-0.05, 0) is 53.1 Å². The zero-order valence-corrected chi connectivity index (χ0v) is 26.6. The van der Waals surface area contributed by atoms with Gasteiger partial charge in [0.25, 0.3) is 0 Å². The Bertz CT molecular complexity index is 1610. The van der Waals surface area contributed by atoms with E-state index in [1.165, 1.54) is 55.8 Å². The molecule has 3 aromatic rings. The summed E-state index contributed by atoms with van der Waals surface area (Å²) in [4.78, 5) is 38.9. The largest absolute Gasteiger partial charge is 0.493 e. The number of benzene rings is 3. The van der Waals surface area contributed by atoms with E-state index in [2.05, 4.69) is 0 Å². The molecule has 244 valence electrons. The van der Waals surface area contributed by atoms with Crippen LogP contribution in [0.4, 0.5) is 0 Å². The van der Waals surface area contributed by atoms with E-state index in [1.807, 2.05) is 0 Å². The number of rotatable bonds is 13. The van der Waals surface area contributed by atoms with Crippen LogP contribution in [0.3, 0.4) is 0 Å². The average molecular weight is 637 g/mol. The summed E-state index contributed by atoms with van der Waals surface area (Å²) in [5.41, 5.74) is 2.19. The molecule has 3 atom stereocenters. The van der Waals surface area contributed by atoms with E-state index in [0.29, 0.717) is 56.8 Å². The second-order valence-electron chi connectivity index (χ2n) is 9.93. The second-order valence-corrected chi connectivity index (χ2v) is 9.93. The first-order chi connectivity index (χ1) is 22.2. The molecule has 0 aliphatic carbocycles. The van der Waals surface area contributed by atoms with Crippen molar-refractivity contribution in [1.29, 1.82) is 0 Å². The van der Waals surface area contributed by atoms with Gasteiger partial charge in [0.05, 0.1) is 49.8 Å². The van der Waals surface area contributed by atoms with Crippen LogP contribution in [0.25, 0.3) is 6.08 Å². The Labute approximate surface area is 266 Å². The number of methoxy groups -OCH3 is 7. The van der Waals surface area contributed by atoms with Gasteiger partial charge < -0.3 is 42.6 Å². The van der Waals surface area contributed by atoms with Gasteiger partial charge in [-0.25, -0.2) is 9.59 Å². The van der Waals surface area contributed by atoms with E-state index in [0.717, 1.165) is 6.08 Å². The molecule has 0 radical (unpaired) electrons. The maximum absolute atomic E-state index is 13.3. The summed E-state index contributed by atoms with van der Waals surface area (Å²) in [6, 6.07) is 13.6. The third kappa shape index (κ3) is 6.96. The minimum Gasteiger partial charge on any atom is -0.493 e. The maximum atomic E-state index is 13.3. The van der Waals surface area contributed by atoms with Crippen molar-refractivity contribution in [2.45, 2.75) is 24.5 Å². The highest BCUT2D eigenvalue weighted by atomic mass is 16.6. The lowest BCUT2D eigenvalue weighted by Crippen LogP contribution is -2.30. The molecule has 0 N–H and O–H groups in total. The molecule has 0 spiro atoms. The summed E-state index contributed by atoms with van der Waals surface area (Å²) in [5.74, 6) is -0.432. The van der Waals surface area contributed by atoms with Crippen LogP contribution in [-0.4, -0.2) is 73.8 Å². The molecule has 1 heterocycles. The summed E-state index contributed by atoms with van der Waals surface area (Å²) in [5, 5.41) is 0. The zero-order valence-electron chi connectivity index (χ0n) is 26.6. The molecule has 0 aromatic heterocycles. The molecule has 0 saturated carbocycles. The lowest BCUT2D eigenvalue weighted by Gasteiger charge is -2.19. The van der Waals surface area contributed by atoms with Crippen molar-refractivity contribution in [1.82, 2.24) is 0 Å². The Balaban J connectivity index is 1.65. The van der Waals surface area contributed by atoms with Crippen LogP contribution in [0.15, 0.2) is 54.6 Å². The van der Waals surface area contributed by atoms with E-state index >= 15 is 0 Å². The average Bonchev–Trinajstić information content (AvgIpc) is 3.50. The Morgan fingerprint density at radius 3 is 1.96 bits per heavy atom. The Morgan fingerprint density at radius 1 is 0.739 bits per heavy atom. The zero-order chi connectivity index (χ0) is 33.4. The molecule has 0 bridgehead atoms. The van der Waals surface area contributed by atoms with Crippen molar-refractivity contribution >= 4 is 24.0 Å². The molecular weight excluding hydrogens is 600 g/mol. The molecule has 0 unspecified atom stereocenters. The second kappa shape index (κ2) is 15.1. The molecule has 46 heavy (non-hydrogen) atoms. The minimum absolute atomic E-state index is 0.0236. The summed E-state index contributed by atoms with van der Waals surface area (Å²) >= 11 is 0. The number of carbonyl (C=O) groups excluding carboxylic acids is 3. The van der Waals surface area contributed by atoms with Gasteiger partial charge in [0.15, 0.2) is 34.5 Å². The number of ether oxygens (including phenoxy) is 9. The predicted octanol–water partition coefficient (Wildman–Crippen LogP) is 4.46. The van der Waals surface area contributed by atoms with Gasteiger partial charge in [-0.1, -0.05) is 18.2 Å². The first-order valence-corrected chi connectivity index (χ1v) is 14.1. The number of hydrogen-bond donors (Lipinski definition) is 0. The van der Waals surface area contributed by atoms with Gasteiger partial charge in [-0.3, -0.25) is 4.79 Å². The smallest absolute Gasteiger partial charge is 0.347 e. The van der Waals surface area contributed by atoms with Crippen LogP contribution in [-0.2, 0) is 35.0 Å². The lowest BCUT2D eigenvalue weighted by atomic mass is 9.87. The highest BCUT2D eigenvalue weighted by molar-refractivity contribution is 5.91. The van der Waals surface area contributed by atoms with Crippen molar-refractivity contribution < 1.29 is 57.0 Å². The normalized spacial score (nSPS) is 15.6. The molecule has 4 rings (SSSR count). The van der Waals surface area contributed by atoms with Crippen LogP contribution < -0.4 is 28.4 Å². The molecule has 0 fully saturated rings. The van der Waals surface area contributed by atoms with Gasteiger partial charge >= 0.3 is 17.9 Å². The van der Waals surface area contributed by atoms with Crippen molar-refractivity contribution in [2.75, 3.05) is 49.8 Å². The molecule has 1 aliphatic heterocycles. The van der Waals surface area contributed by atoms with Gasteiger partial charge in [0.1, 0.15) is 12.0 Å². The van der Waals surface area contributed by atoms with Gasteiger partial charge in [0.2, 0.25) is 6.10 Å². The number of fused-ring (bicyclic) bond motifs is 1. The molecular formula is C34H36O12. The van der Waals surface area contributed by atoms with Crippen LogP contribution in [0.2, 0.25) is 0 Å². The molecule has 12 heteroatoms. The topological polar surface area (TPSA) is 134 Å². The van der Waals surface area contributed by atoms with Gasteiger partial charge in [0, 0.05) is 18.1 Å². The lowest BCUT2D eigenvalue weighted by molar-refractivity contribution is -0.162. The monoisotopic (exact) mass is 636 g/mol. The molecule has 1 aliphatic rings. The summed E-state index contributed by atoms with van der Waals surface area (Å²) in [7, 11) is 10.00. The van der Waals surface area contributed by atoms with Crippen LogP contribution in [0, 0.1) is 0 Å². The standard InChI is InChI=1S/C34H36O12/c1-38-22-12-8-19(16-25(22)41-4)17-27(33(36)43-6)45-28(35)15-11-20-9-14-24(40-3)32-29(20)30(34(37)44-7)31(46-32)21-10-13-23(39-2)26(18-21)42-5/h8-16,18,27,30-31H,17H2,1-7H3/b15-11+/t27-,30+,31-/m1/s1. The molecule has 0 saturated heterocycles. The predicted molar refractivity (Wildman–Crippen MR) is 165 cm³/mol. The molecule has 12 nitrogen and oxygen atoms in total. The van der Waals surface area contributed by atoms with Gasteiger partial charge in [-0.2, -0.15) is 0 Å². The molecule has 3 aromatic carbocycles. The fraction of sp³-hybridized carbons (Fsp3) is 0.324. The summed E-state index contributed by atoms with van der Waals surface area (Å²) in [6.07, 6.45) is 0.590. The third-order valence-electron chi connectivity index (χ3n) is 7.45. The van der Waals surface area contributed by atoms with E-state index < -0.39 is 36.0 Å². The first-order valence-electron chi connectivity index (χ1n) is 14.1. The SMILES string of the molecule is COC(=O)[C@@H](Cc1ccc(OC)c(OC)c1)OC(=O)/C=C/c1ccc(OC)c2c1[C@H](C(=O)OC)[C@@H](c1ccc(OC)c(OC)c1)O2. The first kappa shape index (κ1) is 33.5. The van der Waals surface area contributed by atoms with Crippen molar-refractivity contribution in [3.8, 4) is 34.5 Å². The van der Waals surface area contributed by atoms with Crippen molar-refractivity contribution in [2.24, 2.45) is 0 Å². The summed E-state index contributed by atoms with van der Waals surface area (Å²) < 4.78 is 48.8. The quantitative estimate of drug-likeness (QED) is 0.149. The highest BCUT2D eigenvalue weighted by Crippen LogP contribution is 2.53. The number of esters is 3. The highest BCUT2D eigenvalue weighted by Gasteiger charge is 2.44.